The van der Waals surface area contributed by atoms with Crippen LogP contribution in [0.3, 0.4) is 0 Å². The van der Waals surface area contributed by atoms with E-state index < -0.39 is 18.0 Å². The number of hydrogen-bond donors (Lipinski definition) is 3. The molecule has 6 nitrogen and oxygen atoms in total. The summed E-state index contributed by atoms with van der Waals surface area (Å²) in [5, 5.41) is 7.55. The second-order valence-electron chi connectivity index (χ2n) is 4.31. The number of benzene rings is 1. The van der Waals surface area contributed by atoms with Crippen LogP contribution in [0.5, 0.6) is 5.75 Å². The molecular weight excluding hydrogens is 258 g/mol. The molecule has 1 atom stereocenters. The minimum atomic E-state index is -0.521. The summed E-state index contributed by atoms with van der Waals surface area (Å²) in [6.45, 7) is 4.40. The predicted molar refractivity (Wildman–Crippen MR) is 77.9 cm³/mol. The topological polar surface area (TPSA) is 79.5 Å². The fourth-order valence-corrected chi connectivity index (χ4v) is 1.47. The molecule has 0 heterocycles. The zero-order chi connectivity index (χ0) is 15.0. The van der Waals surface area contributed by atoms with Crippen LogP contribution in [0.4, 0.5) is 10.5 Å². The lowest BCUT2D eigenvalue weighted by Crippen LogP contribution is -2.44. The average molecular weight is 279 g/mol. The van der Waals surface area contributed by atoms with E-state index in [4.69, 9.17) is 4.74 Å². The predicted octanol–water partition coefficient (Wildman–Crippen LogP) is 1.73. The molecule has 0 aliphatic carbocycles. The smallest absolute Gasteiger partial charge is 0.321 e. The summed E-state index contributed by atoms with van der Waals surface area (Å²) >= 11 is 0. The van der Waals surface area contributed by atoms with Crippen LogP contribution in [0.1, 0.15) is 20.3 Å². The molecule has 0 spiro atoms. The largest absolute Gasteiger partial charge is 0.494 e. The van der Waals surface area contributed by atoms with Crippen molar-refractivity contribution in [2.45, 2.75) is 26.3 Å². The molecule has 1 aromatic rings. The fraction of sp³-hybridized carbons (Fsp3) is 0.429. The van der Waals surface area contributed by atoms with Crippen molar-refractivity contribution < 1.29 is 14.3 Å². The van der Waals surface area contributed by atoms with Crippen molar-refractivity contribution >= 4 is 17.6 Å². The SMILES string of the molecule is CCCOc1ccc(NC(C)C(=O)NC(=O)NC)cc1. The summed E-state index contributed by atoms with van der Waals surface area (Å²) in [7, 11) is 1.45. The van der Waals surface area contributed by atoms with Gasteiger partial charge in [0.1, 0.15) is 11.8 Å². The van der Waals surface area contributed by atoms with Gasteiger partial charge in [0, 0.05) is 12.7 Å². The number of nitrogens with one attached hydrogen (secondary N) is 3. The van der Waals surface area contributed by atoms with Gasteiger partial charge in [-0.3, -0.25) is 10.1 Å². The molecule has 0 aromatic heterocycles. The molecule has 0 fully saturated rings. The van der Waals surface area contributed by atoms with Crippen LogP contribution in [0, 0.1) is 0 Å². The highest BCUT2D eigenvalue weighted by Crippen LogP contribution is 2.16. The highest BCUT2D eigenvalue weighted by Gasteiger charge is 2.14. The fourth-order valence-electron chi connectivity index (χ4n) is 1.47. The molecule has 20 heavy (non-hydrogen) atoms. The van der Waals surface area contributed by atoms with Gasteiger partial charge in [-0.1, -0.05) is 6.92 Å². The van der Waals surface area contributed by atoms with Gasteiger partial charge in [0.05, 0.1) is 6.61 Å². The number of carbonyl (C=O) groups is 2. The number of amides is 3. The van der Waals surface area contributed by atoms with E-state index in [1.807, 2.05) is 31.2 Å². The van der Waals surface area contributed by atoms with Crippen LogP contribution < -0.4 is 20.7 Å². The molecule has 0 radical (unpaired) electrons. The maximum atomic E-state index is 11.7. The number of carbonyl (C=O) groups excluding carboxylic acids is 2. The number of rotatable bonds is 6. The van der Waals surface area contributed by atoms with E-state index >= 15 is 0 Å². The molecule has 3 N–H and O–H groups in total. The van der Waals surface area contributed by atoms with Crippen molar-refractivity contribution in [2.75, 3.05) is 19.0 Å². The molecular formula is C14H21N3O3. The van der Waals surface area contributed by atoms with Crippen LogP contribution in [0.25, 0.3) is 0 Å². The van der Waals surface area contributed by atoms with E-state index in [0.717, 1.165) is 17.9 Å². The number of imide groups is 1. The second-order valence-corrected chi connectivity index (χ2v) is 4.31. The molecule has 0 aliphatic rings. The van der Waals surface area contributed by atoms with E-state index in [-0.39, 0.29) is 0 Å². The minimum Gasteiger partial charge on any atom is -0.494 e. The van der Waals surface area contributed by atoms with Crippen LogP contribution in [0.15, 0.2) is 24.3 Å². The van der Waals surface area contributed by atoms with Gasteiger partial charge in [0.2, 0.25) is 5.91 Å². The Morgan fingerprint density at radius 2 is 1.90 bits per heavy atom. The summed E-state index contributed by atoms with van der Waals surface area (Å²) < 4.78 is 5.47. The van der Waals surface area contributed by atoms with Crippen molar-refractivity contribution in [1.82, 2.24) is 10.6 Å². The first-order chi connectivity index (χ1) is 9.56. The Kier molecular flexibility index (Phi) is 6.36. The third-order valence-electron chi connectivity index (χ3n) is 2.57. The zero-order valence-corrected chi connectivity index (χ0v) is 12.0. The number of ether oxygens (including phenoxy) is 1. The lowest BCUT2D eigenvalue weighted by molar-refractivity contribution is -0.120. The summed E-state index contributed by atoms with van der Waals surface area (Å²) in [6.07, 6.45) is 0.955. The number of anilines is 1. The molecule has 6 heteroatoms. The number of hydrogen-bond acceptors (Lipinski definition) is 4. The van der Waals surface area contributed by atoms with E-state index in [1.54, 1.807) is 6.92 Å². The highest BCUT2D eigenvalue weighted by atomic mass is 16.5. The molecule has 110 valence electrons. The van der Waals surface area contributed by atoms with Crippen molar-refractivity contribution in [3.63, 3.8) is 0 Å². The Hall–Kier alpha value is -2.24. The van der Waals surface area contributed by atoms with Gasteiger partial charge in [-0.05, 0) is 37.6 Å². The van der Waals surface area contributed by atoms with Crippen molar-refractivity contribution in [1.29, 1.82) is 0 Å². The maximum absolute atomic E-state index is 11.7. The molecule has 0 aliphatic heterocycles. The Balaban J connectivity index is 2.51. The van der Waals surface area contributed by atoms with E-state index in [1.165, 1.54) is 7.05 Å². The monoisotopic (exact) mass is 279 g/mol. The minimum absolute atomic E-state index is 0.393. The molecule has 3 amide bonds. The van der Waals surface area contributed by atoms with Crippen LogP contribution >= 0.6 is 0 Å². The molecule has 1 aromatic carbocycles. The first-order valence-electron chi connectivity index (χ1n) is 6.58. The van der Waals surface area contributed by atoms with Crippen molar-refractivity contribution in [3.05, 3.63) is 24.3 Å². The normalized spacial score (nSPS) is 11.3. The van der Waals surface area contributed by atoms with Gasteiger partial charge in [-0.25, -0.2) is 4.79 Å². The van der Waals surface area contributed by atoms with Gasteiger partial charge >= 0.3 is 6.03 Å². The van der Waals surface area contributed by atoms with E-state index in [9.17, 15) is 9.59 Å². The van der Waals surface area contributed by atoms with Crippen LogP contribution in [0.2, 0.25) is 0 Å². The Morgan fingerprint density at radius 1 is 1.25 bits per heavy atom. The van der Waals surface area contributed by atoms with Crippen molar-refractivity contribution in [2.24, 2.45) is 0 Å². The second kappa shape index (κ2) is 8.04. The van der Waals surface area contributed by atoms with Crippen LogP contribution in [-0.4, -0.2) is 31.6 Å². The standard InChI is InChI=1S/C14H21N3O3/c1-4-9-20-12-7-5-11(6-8-12)16-10(2)13(18)17-14(19)15-3/h5-8,10,16H,4,9H2,1-3H3,(H2,15,17,18,19). The summed E-state index contributed by atoms with van der Waals surface area (Å²) in [5.41, 5.74) is 0.786. The highest BCUT2D eigenvalue weighted by molar-refractivity contribution is 5.97. The van der Waals surface area contributed by atoms with E-state index in [0.29, 0.717) is 6.61 Å². The third kappa shape index (κ3) is 5.17. The molecule has 0 saturated carbocycles. The van der Waals surface area contributed by atoms with Gasteiger partial charge in [0.25, 0.3) is 0 Å². The lowest BCUT2D eigenvalue weighted by Gasteiger charge is -2.15. The van der Waals surface area contributed by atoms with Gasteiger partial charge in [-0.15, -0.1) is 0 Å². The van der Waals surface area contributed by atoms with Crippen molar-refractivity contribution in [3.8, 4) is 5.75 Å². The molecule has 1 rings (SSSR count). The van der Waals surface area contributed by atoms with Gasteiger partial charge in [-0.2, -0.15) is 0 Å². The van der Waals surface area contributed by atoms with E-state index in [2.05, 4.69) is 16.0 Å². The molecule has 1 unspecified atom stereocenters. The zero-order valence-electron chi connectivity index (χ0n) is 12.0. The molecule has 0 bridgehead atoms. The summed E-state index contributed by atoms with van der Waals surface area (Å²) in [4.78, 5) is 22.7. The average Bonchev–Trinajstić information content (AvgIpc) is 2.46. The Bertz CT molecular complexity index is 445. The lowest BCUT2D eigenvalue weighted by atomic mass is 10.2. The first-order valence-corrected chi connectivity index (χ1v) is 6.58. The first kappa shape index (κ1) is 15.8. The summed E-state index contributed by atoms with van der Waals surface area (Å²) in [5.74, 6) is 0.399. The quantitative estimate of drug-likeness (QED) is 0.741. The maximum Gasteiger partial charge on any atom is 0.321 e. The van der Waals surface area contributed by atoms with Gasteiger partial charge < -0.3 is 15.4 Å². The Labute approximate surface area is 118 Å². The Morgan fingerprint density at radius 3 is 2.45 bits per heavy atom. The van der Waals surface area contributed by atoms with Gasteiger partial charge in [0.15, 0.2) is 0 Å². The molecule has 0 saturated heterocycles. The summed E-state index contributed by atoms with van der Waals surface area (Å²) in [6, 6.07) is 6.29. The number of urea groups is 1. The third-order valence-corrected chi connectivity index (χ3v) is 2.57. The van der Waals surface area contributed by atoms with Crippen LogP contribution in [-0.2, 0) is 4.79 Å².